The molecule has 0 bridgehead atoms. The molecule has 0 aliphatic carbocycles. The van der Waals surface area contributed by atoms with E-state index in [9.17, 15) is 33.6 Å². The Hall–Kier alpha value is -7.61. The Labute approximate surface area is 353 Å². The number of rotatable bonds is 20. The molecule has 61 heavy (non-hydrogen) atoms. The van der Waals surface area contributed by atoms with Crippen molar-refractivity contribution in [3.05, 3.63) is 149 Å². The summed E-state index contributed by atoms with van der Waals surface area (Å²) < 4.78 is 26.6. The number of carbonyl (C=O) groups excluding carboxylic acids is 7. The number of ketones is 2. The van der Waals surface area contributed by atoms with Crippen LogP contribution in [0.15, 0.2) is 110 Å². The average Bonchev–Trinajstić information content (AvgIpc) is 3.25. The summed E-state index contributed by atoms with van der Waals surface area (Å²) in [6.07, 6.45) is 0.0361. The number of hydrogen-bond donors (Lipinski definition) is 2. The molecule has 0 radical (unpaired) electrons. The number of ether oxygens (including phenoxy) is 5. The van der Waals surface area contributed by atoms with Crippen molar-refractivity contribution in [2.75, 3.05) is 44.1 Å². The highest BCUT2D eigenvalue weighted by Gasteiger charge is 2.24. The number of allylic oxidation sites excluding steroid dienone is 1. The molecule has 0 aliphatic rings. The third kappa shape index (κ3) is 12.7. The summed E-state index contributed by atoms with van der Waals surface area (Å²) in [6.45, 7) is 16.2. The van der Waals surface area contributed by atoms with Crippen LogP contribution >= 0.6 is 0 Å². The van der Waals surface area contributed by atoms with Crippen LogP contribution in [0, 0.1) is 0 Å². The monoisotopic (exact) mass is 830 g/mol. The Morgan fingerprint density at radius 2 is 1.07 bits per heavy atom. The number of nitrogens with one attached hydrogen (secondary N) is 2. The summed E-state index contributed by atoms with van der Waals surface area (Å²) in [7, 11) is 1.61. The number of hydrogen-bond acceptors (Lipinski definition) is 13. The fraction of sp³-hybridized carbons (Fsp3) is 0.213. The van der Waals surface area contributed by atoms with Gasteiger partial charge < -0.3 is 34.3 Å². The molecule has 14 heteroatoms. The summed E-state index contributed by atoms with van der Waals surface area (Å²) in [5.74, 6) is -4.51. The Balaban J connectivity index is 1.69. The van der Waals surface area contributed by atoms with Crippen LogP contribution in [-0.4, -0.2) is 74.8 Å². The van der Waals surface area contributed by atoms with Crippen LogP contribution in [0.4, 0.5) is 11.4 Å². The van der Waals surface area contributed by atoms with Crippen LogP contribution in [0.2, 0.25) is 0 Å². The van der Waals surface area contributed by atoms with Crippen molar-refractivity contribution in [2.45, 2.75) is 34.1 Å². The van der Waals surface area contributed by atoms with Crippen LogP contribution < -0.4 is 15.4 Å². The Kier molecular flexibility index (Phi) is 16.2. The summed E-state index contributed by atoms with van der Waals surface area (Å²) in [5.41, 5.74) is 2.66. The van der Waals surface area contributed by atoms with E-state index < -0.39 is 41.4 Å². The lowest BCUT2D eigenvalue weighted by Crippen LogP contribution is -2.18. The molecule has 0 fully saturated rings. The Bertz CT molecular complexity index is 2430. The molecular formula is C47H46N2O12. The first-order chi connectivity index (χ1) is 29.0. The van der Waals surface area contributed by atoms with Gasteiger partial charge >= 0.3 is 23.9 Å². The van der Waals surface area contributed by atoms with Gasteiger partial charge in [0.2, 0.25) is 0 Å². The molecule has 2 N–H and O–H groups in total. The van der Waals surface area contributed by atoms with Gasteiger partial charge in [-0.1, -0.05) is 44.4 Å². The van der Waals surface area contributed by atoms with Crippen LogP contribution in [0.5, 0.6) is 11.5 Å². The first-order valence-electron chi connectivity index (χ1n) is 19.0. The van der Waals surface area contributed by atoms with Crippen molar-refractivity contribution in [3.63, 3.8) is 0 Å². The number of Topliss-reactive ketones (excluding diaryl/α,β-unsaturated/α-hetero) is 1. The van der Waals surface area contributed by atoms with Crippen LogP contribution in [0.25, 0.3) is 5.57 Å². The number of amides is 1. The smallest absolute Gasteiger partial charge is 0.339 e. The first-order valence-corrected chi connectivity index (χ1v) is 19.0. The molecule has 0 saturated heterocycles. The molecule has 0 spiro atoms. The van der Waals surface area contributed by atoms with Crippen LogP contribution in [0.1, 0.15) is 97.0 Å². The Morgan fingerprint density at radius 1 is 0.557 bits per heavy atom. The number of carbonyl (C=O) groups is 7. The molecule has 0 aromatic heterocycles. The van der Waals surface area contributed by atoms with E-state index in [-0.39, 0.29) is 88.9 Å². The highest BCUT2D eigenvalue weighted by atomic mass is 16.6. The lowest BCUT2D eigenvalue weighted by Gasteiger charge is -2.15. The van der Waals surface area contributed by atoms with E-state index in [4.69, 9.17) is 23.7 Å². The molecule has 316 valence electrons. The van der Waals surface area contributed by atoms with Gasteiger partial charge in [-0.15, -0.1) is 0 Å². The summed E-state index contributed by atoms with van der Waals surface area (Å²) in [4.78, 5) is 90.9. The molecule has 14 nitrogen and oxygen atoms in total. The van der Waals surface area contributed by atoms with Crippen molar-refractivity contribution >= 4 is 58.3 Å². The van der Waals surface area contributed by atoms with Crippen molar-refractivity contribution in [3.8, 4) is 11.5 Å². The molecule has 4 rings (SSSR count). The van der Waals surface area contributed by atoms with Gasteiger partial charge in [-0.3, -0.25) is 14.4 Å². The fourth-order valence-electron chi connectivity index (χ4n) is 5.47. The lowest BCUT2D eigenvalue weighted by atomic mass is 9.96. The van der Waals surface area contributed by atoms with Crippen LogP contribution in [0.3, 0.4) is 0 Å². The van der Waals surface area contributed by atoms with Crippen LogP contribution in [-0.2, 0) is 28.5 Å². The first kappa shape index (κ1) is 46.1. The van der Waals surface area contributed by atoms with Gasteiger partial charge in [0.25, 0.3) is 5.91 Å². The van der Waals surface area contributed by atoms with E-state index in [1.54, 1.807) is 38.2 Å². The van der Waals surface area contributed by atoms with E-state index in [0.29, 0.717) is 11.4 Å². The minimum absolute atomic E-state index is 0.00572. The number of benzene rings is 4. The molecular weight excluding hydrogens is 785 g/mol. The predicted octanol–water partition coefficient (Wildman–Crippen LogP) is 8.18. The zero-order valence-electron chi connectivity index (χ0n) is 34.6. The molecule has 1 amide bonds. The van der Waals surface area contributed by atoms with Gasteiger partial charge in [0, 0.05) is 58.2 Å². The fourth-order valence-corrected chi connectivity index (χ4v) is 5.47. The largest absolute Gasteiger partial charge is 0.459 e. The Morgan fingerprint density at radius 3 is 1.59 bits per heavy atom. The minimum atomic E-state index is -0.922. The highest BCUT2D eigenvalue weighted by molar-refractivity contribution is 6.16. The SMILES string of the molecule is C=C(C)C(=O)OCCOC(=O)c1ccc(Oc2ccc(C(=O)OCCOC(=O)C(=C)C)c(C(=O)c3cc(NC)cc(C(=O)Nc4cccc(C(=C)C)c4)c3)c2)cc1C(=O)CC. The van der Waals surface area contributed by atoms with Gasteiger partial charge in [-0.05, 0) is 93.1 Å². The van der Waals surface area contributed by atoms with Gasteiger partial charge in [0.05, 0.1) is 11.1 Å². The highest BCUT2D eigenvalue weighted by Crippen LogP contribution is 2.30. The molecule has 0 aliphatic heterocycles. The molecule has 0 atom stereocenters. The summed E-state index contributed by atoms with van der Waals surface area (Å²) >= 11 is 0. The maximum atomic E-state index is 14.4. The second-order valence-corrected chi connectivity index (χ2v) is 13.6. The van der Waals surface area contributed by atoms with E-state index in [0.717, 1.165) is 11.1 Å². The standard InChI is InChI=1S/C47H46N2O12/c1-9-41(50)39-25-35(13-15-37(39)46(55)59-19-17-57-44(53)28(4)5)61-36-14-16-38(47(56)60-20-18-58-45(54)29(6)7)40(26-36)42(51)31-21-32(24-34(23-31)48-8)43(52)49-33-12-10-11-30(22-33)27(2)3/h10-16,21-26,48H,2,4,6,9,17-20H2,1,3,5,7-8H3,(H,49,52). The zero-order chi connectivity index (χ0) is 44.8. The maximum absolute atomic E-state index is 14.4. The van der Waals surface area contributed by atoms with E-state index >= 15 is 0 Å². The summed E-state index contributed by atoms with van der Waals surface area (Å²) in [6, 6.07) is 19.6. The molecule has 0 saturated carbocycles. The van der Waals surface area contributed by atoms with Gasteiger partial charge in [0.15, 0.2) is 11.6 Å². The van der Waals surface area contributed by atoms with E-state index in [1.165, 1.54) is 62.4 Å². The minimum Gasteiger partial charge on any atom is -0.459 e. The normalized spacial score (nSPS) is 10.4. The van der Waals surface area contributed by atoms with E-state index in [2.05, 4.69) is 30.4 Å². The molecule has 0 unspecified atom stereocenters. The lowest BCUT2D eigenvalue weighted by molar-refractivity contribution is -0.140. The van der Waals surface area contributed by atoms with Gasteiger partial charge in [0.1, 0.15) is 37.9 Å². The molecule has 4 aromatic rings. The van der Waals surface area contributed by atoms with Crippen molar-refractivity contribution in [1.29, 1.82) is 0 Å². The van der Waals surface area contributed by atoms with Gasteiger partial charge in [-0.2, -0.15) is 0 Å². The predicted molar refractivity (Wildman–Crippen MR) is 228 cm³/mol. The molecule has 4 aromatic carbocycles. The van der Waals surface area contributed by atoms with E-state index in [1.807, 2.05) is 13.0 Å². The van der Waals surface area contributed by atoms with Crippen molar-refractivity contribution < 1.29 is 57.2 Å². The number of esters is 4. The second kappa shape index (κ2) is 21.4. The average molecular weight is 831 g/mol. The zero-order valence-corrected chi connectivity index (χ0v) is 34.6. The summed E-state index contributed by atoms with van der Waals surface area (Å²) in [5, 5.41) is 5.79. The third-order valence-electron chi connectivity index (χ3n) is 8.68. The van der Waals surface area contributed by atoms with Crippen molar-refractivity contribution in [1.82, 2.24) is 0 Å². The van der Waals surface area contributed by atoms with Crippen molar-refractivity contribution in [2.24, 2.45) is 0 Å². The topological polar surface area (TPSA) is 190 Å². The third-order valence-corrected chi connectivity index (χ3v) is 8.68. The number of anilines is 2. The quantitative estimate of drug-likeness (QED) is 0.0285. The van der Waals surface area contributed by atoms with Gasteiger partial charge in [-0.25, -0.2) is 19.2 Å². The molecule has 0 heterocycles. The maximum Gasteiger partial charge on any atom is 0.339 e. The second-order valence-electron chi connectivity index (χ2n) is 13.6.